The second-order valence-electron chi connectivity index (χ2n) is 12.9. The zero-order valence-corrected chi connectivity index (χ0v) is 31.1. The van der Waals surface area contributed by atoms with Gasteiger partial charge in [0.2, 0.25) is 0 Å². The van der Waals surface area contributed by atoms with Crippen molar-refractivity contribution in [1.82, 2.24) is 9.88 Å². The lowest BCUT2D eigenvalue weighted by Crippen LogP contribution is -2.35. The lowest BCUT2D eigenvalue weighted by Gasteiger charge is -2.27. The van der Waals surface area contributed by atoms with E-state index in [9.17, 15) is 23.2 Å². The lowest BCUT2D eigenvalue weighted by atomic mass is 9.82. The topological polar surface area (TPSA) is 112 Å². The number of carbonyl (C=O) groups excluding carboxylic acids is 3. The summed E-state index contributed by atoms with van der Waals surface area (Å²) in [6.45, 7) is 7.93. The number of hydrogen-bond acceptors (Lipinski definition) is 6. The van der Waals surface area contributed by atoms with E-state index in [1.165, 1.54) is 38.8 Å². The fraction of sp³-hybridized carbons (Fsp3) is 0.325. The first kappa shape index (κ1) is 39.0. The van der Waals surface area contributed by atoms with E-state index in [4.69, 9.17) is 10.1 Å². The number of fused-ring (bicyclic) bond motifs is 1. The van der Waals surface area contributed by atoms with E-state index in [0.717, 1.165) is 30.5 Å². The first-order valence-corrected chi connectivity index (χ1v) is 17.4. The van der Waals surface area contributed by atoms with Crippen LogP contribution in [0.5, 0.6) is 0 Å². The van der Waals surface area contributed by atoms with E-state index < -0.39 is 11.6 Å². The van der Waals surface area contributed by atoms with Crippen LogP contribution in [-0.4, -0.2) is 54.1 Å². The van der Waals surface area contributed by atoms with Crippen LogP contribution in [-0.2, 0) is 33.5 Å². The van der Waals surface area contributed by atoms with Gasteiger partial charge in [-0.3, -0.25) is 24.8 Å². The number of alkyl halides is 2. The molecule has 1 aliphatic carbocycles. The summed E-state index contributed by atoms with van der Waals surface area (Å²) >= 11 is 0. The van der Waals surface area contributed by atoms with E-state index in [1.54, 1.807) is 56.6 Å². The molecule has 8 nitrogen and oxygen atoms in total. The molecule has 4 aromatic rings. The number of aromatic nitrogens is 1. The zero-order valence-electron chi connectivity index (χ0n) is 29.9. The van der Waals surface area contributed by atoms with Gasteiger partial charge in [-0.05, 0) is 86.6 Å². The molecule has 0 saturated heterocycles. The molecule has 2 N–H and O–H groups in total. The molecule has 0 bridgehead atoms. The van der Waals surface area contributed by atoms with Crippen molar-refractivity contribution in [1.29, 1.82) is 5.41 Å². The second-order valence-corrected chi connectivity index (χ2v) is 13.6. The van der Waals surface area contributed by atoms with Gasteiger partial charge < -0.3 is 15.0 Å². The number of rotatable bonds is 10. The van der Waals surface area contributed by atoms with Crippen molar-refractivity contribution in [2.24, 2.45) is 0 Å². The average Bonchev–Trinajstić information content (AvgIpc) is 3.48. The molecule has 0 radical (unpaired) electrons. The molecule has 5 rings (SSSR count). The molecule has 2 amide bonds. The van der Waals surface area contributed by atoms with Crippen molar-refractivity contribution in [3.05, 3.63) is 118 Å². The molecule has 1 heterocycles. The van der Waals surface area contributed by atoms with Gasteiger partial charge >= 0.3 is 0 Å². The Morgan fingerprint density at radius 2 is 1.73 bits per heavy atom. The molecule has 2 atom stereocenters. The van der Waals surface area contributed by atoms with E-state index >= 15 is 0 Å². The van der Waals surface area contributed by atoms with Crippen molar-refractivity contribution in [2.75, 3.05) is 26.0 Å². The van der Waals surface area contributed by atoms with Crippen molar-refractivity contribution in [3.8, 4) is 11.1 Å². The molecule has 0 saturated carbocycles. The summed E-state index contributed by atoms with van der Waals surface area (Å²) in [5.74, 6) is -0.425. The highest BCUT2D eigenvalue weighted by Gasteiger charge is 2.43. The van der Waals surface area contributed by atoms with Gasteiger partial charge in [0, 0.05) is 37.8 Å². The van der Waals surface area contributed by atoms with E-state index in [0.29, 0.717) is 40.4 Å². The van der Waals surface area contributed by atoms with Gasteiger partial charge in [-0.15, -0.1) is 0 Å². The van der Waals surface area contributed by atoms with Crippen LogP contribution in [0.15, 0.2) is 79.0 Å². The molecular weight excluding hydrogens is 669 g/mol. The number of carbonyl (C=O) groups is 3. The SMILES string of the molecule is CC(=O)Cc1ccc(NC(=O)c2ccc(C)cc2-c2ccc(C(F)(F)P)cc2)c(C(=O)N(C)C)c1.CCOC(=N)C1(CC)CCc2cccnc21. The van der Waals surface area contributed by atoms with Crippen LogP contribution in [0.3, 0.4) is 0 Å². The number of nitrogens with one attached hydrogen (secondary N) is 2. The minimum atomic E-state index is -3.05. The summed E-state index contributed by atoms with van der Waals surface area (Å²) in [4.78, 5) is 43.5. The Balaban J connectivity index is 0.000000302. The highest BCUT2D eigenvalue weighted by Crippen LogP contribution is 2.41. The quantitative estimate of drug-likeness (QED) is 0.0975. The van der Waals surface area contributed by atoms with Crippen LogP contribution in [0.1, 0.15) is 82.3 Å². The monoisotopic (exact) mass is 714 g/mol. The Kier molecular flexibility index (Phi) is 12.6. The number of ether oxygens (including phenoxy) is 1. The van der Waals surface area contributed by atoms with E-state index in [-0.39, 0.29) is 34.7 Å². The highest BCUT2D eigenvalue weighted by atomic mass is 31.0. The molecule has 0 fully saturated rings. The molecule has 0 spiro atoms. The molecule has 51 heavy (non-hydrogen) atoms. The Morgan fingerprint density at radius 3 is 2.33 bits per heavy atom. The number of benzene rings is 3. The number of pyridine rings is 1. The lowest BCUT2D eigenvalue weighted by molar-refractivity contribution is -0.116. The third-order valence-corrected chi connectivity index (χ3v) is 9.25. The van der Waals surface area contributed by atoms with Crippen molar-refractivity contribution >= 4 is 38.4 Å². The maximum absolute atomic E-state index is 13.6. The number of aryl methyl sites for hydroxylation is 2. The molecule has 1 aromatic heterocycles. The normalized spacial score (nSPS) is 14.8. The summed E-state index contributed by atoms with van der Waals surface area (Å²) in [5.41, 5.74) is 2.52. The number of halogens is 2. The Labute approximate surface area is 300 Å². The van der Waals surface area contributed by atoms with Gasteiger partial charge in [-0.25, -0.2) is 0 Å². The smallest absolute Gasteiger partial charge is 0.283 e. The van der Waals surface area contributed by atoms with Gasteiger partial charge in [0.25, 0.3) is 17.5 Å². The van der Waals surface area contributed by atoms with E-state index in [1.807, 2.05) is 32.2 Å². The van der Waals surface area contributed by atoms with Crippen LogP contribution in [0.25, 0.3) is 11.1 Å². The summed E-state index contributed by atoms with van der Waals surface area (Å²) in [6, 6.07) is 20.0. The first-order chi connectivity index (χ1) is 24.1. The van der Waals surface area contributed by atoms with Gasteiger partial charge in [0.1, 0.15) is 5.78 Å². The third-order valence-electron chi connectivity index (χ3n) is 8.91. The van der Waals surface area contributed by atoms with Crippen molar-refractivity contribution in [3.63, 3.8) is 0 Å². The molecule has 3 aromatic carbocycles. The maximum atomic E-state index is 13.6. The van der Waals surface area contributed by atoms with Gasteiger partial charge in [-0.1, -0.05) is 70.3 Å². The number of nitrogens with zero attached hydrogens (tertiary/aromatic N) is 2. The van der Waals surface area contributed by atoms with Crippen molar-refractivity contribution in [2.45, 2.75) is 64.5 Å². The number of Topliss-reactive ketones (excluding diaryl/α,β-unsaturated/α-hetero) is 1. The van der Waals surface area contributed by atoms with Crippen LogP contribution in [0.4, 0.5) is 14.5 Å². The van der Waals surface area contributed by atoms with Crippen molar-refractivity contribution < 1.29 is 27.9 Å². The summed E-state index contributed by atoms with van der Waals surface area (Å²) < 4.78 is 32.6. The second kappa shape index (κ2) is 16.5. The fourth-order valence-corrected chi connectivity index (χ4v) is 6.41. The largest absolute Gasteiger partial charge is 0.481 e. The van der Waals surface area contributed by atoms with Crippen LogP contribution in [0, 0.1) is 12.3 Å². The number of hydrogen-bond donors (Lipinski definition) is 2. The molecule has 2 unspecified atom stereocenters. The average molecular weight is 715 g/mol. The third kappa shape index (κ3) is 9.11. The van der Waals surface area contributed by atoms with Gasteiger partial charge in [0.05, 0.1) is 29.0 Å². The Morgan fingerprint density at radius 1 is 1.02 bits per heavy atom. The highest BCUT2D eigenvalue weighted by molar-refractivity contribution is 7.17. The predicted octanol–water partition coefficient (Wildman–Crippen LogP) is 8.36. The van der Waals surface area contributed by atoms with Gasteiger partial charge in [0.15, 0.2) is 5.90 Å². The molecule has 0 aliphatic heterocycles. The summed E-state index contributed by atoms with van der Waals surface area (Å²) in [5, 5.41) is 10.9. The summed E-state index contributed by atoms with van der Waals surface area (Å²) in [7, 11) is 4.72. The standard InChI is InChI=1S/C27H27F2N2O3P.C13H18N2O/c1-16-5-11-21(22(13-16)19-7-9-20(10-8-19)27(28,29)35)25(33)30-24-12-6-18(14-17(2)32)15-23(24)26(34)31(3)4;1-3-13(12(14)16-4-2)8-7-10-6-5-9-15-11(10)13/h5-13,15H,14,35H2,1-4H3,(H,30,33);5-6,9,14H,3-4,7-8H2,1-2H3. The van der Waals surface area contributed by atoms with Crippen LogP contribution < -0.4 is 5.32 Å². The Bertz CT molecular complexity index is 1920. The van der Waals surface area contributed by atoms with Crippen LogP contribution >= 0.6 is 9.24 Å². The fourth-order valence-electron chi connectivity index (χ4n) is 6.22. The number of anilines is 1. The number of amides is 2. The van der Waals surface area contributed by atoms with Gasteiger partial charge in [-0.2, -0.15) is 8.78 Å². The van der Waals surface area contributed by atoms with E-state index in [2.05, 4.69) is 23.3 Å². The summed E-state index contributed by atoms with van der Waals surface area (Å²) in [6.07, 6.45) is 4.83. The molecule has 11 heteroatoms. The first-order valence-electron chi connectivity index (χ1n) is 16.8. The minimum Gasteiger partial charge on any atom is -0.481 e. The maximum Gasteiger partial charge on any atom is 0.283 e. The predicted molar refractivity (Wildman–Crippen MR) is 201 cm³/mol. The zero-order chi connectivity index (χ0) is 37.5. The molecule has 268 valence electrons. The van der Waals surface area contributed by atoms with Crippen LogP contribution in [0.2, 0.25) is 0 Å². The minimum absolute atomic E-state index is 0.0419. The Hall–Kier alpha value is -4.82. The number of ketones is 1. The molecular formula is C40H45F2N4O4P. The molecule has 1 aliphatic rings.